The van der Waals surface area contributed by atoms with Gasteiger partial charge in [0.15, 0.2) is 9.84 Å². The van der Waals surface area contributed by atoms with Crippen molar-refractivity contribution in [3.05, 3.63) is 0 Å². The fraction of sp³-hybridized carbons (Fsp3) is 0.875. The van der Waals surface area contributed by atoms with E-state index in [4.69, 9.17) is 9.90 Å². The molecule has 9 heteroatoms. The van der Waals surface area contributed by atoms with Gasteiger partial charge < -0.3 is 10.4 Å². The highest BCUT2D eigenvalue weighted by Crippen LogP contribution is 2.37. The summed E-state index contributed by atoms with van der Waals surface area (Å²) in [7, 11) is -2.61. The second kappa shape index (κ2) is 4.45. The van der Waals surface area contributed by atoms with Crippen molar-refractivity contribution in [3.63, 3.8) is 0 Å². The van der Waals surface area contributed by atoms with Gasteiger partial charge in [-0.25, -0.2) is 13.2 Å². The molecule has 0 aromatic carbocycles. The van der Waals surface area contributed by atoms with Crippen LogP contribution in [0.25, 0.3) is 0 Å². The molecule has 2 heterocycles. The molecule has 2 rings (SSSR count). The van der Waals surface area contributed by atoms with Gasteiger partial charge in [0.25, 0.3) is 0 Å². The largest absolute Gasteiger partial charge is 0.490 e. The van der Waals surface area contributed by atoms with Crippen LogP contribution in [0.2, 0.25) is 0 Å². The fourth-order valence-corrected chi connectivity index (χ4v) is 4.21. The third kappa shape index (κ3) is 3.84. The average molecular weight is 275 g/mol. The molecule has 0 aliphatic carbocycles. The minimum atomic E-state index is -5.08. The van der Waals surface area contributed by atoms with Crippen molar-refractivity contribution in [1.82, 2.24) is 5.32 Å². The molecule has 0 saturated carbocycles. The van der Waals surface area contributed by atoms with E-state index < -0.39 is 22.0 Å². The van der Waals surface area contributed by atoms with Crippen molar-refractivity contribution < 1.29 is 31.5 Å². The monoisotopic (exact) mass is 275 g/mol. The molecule has 2 saturated heterocycles. The number of sulfone groups is 1. The van der Waals surface area contributed by atoms with Crippen molar-refractivity contribution in [2.75, 3.05) is 24.6 Å². The molecule has 2 fully saturated rings. The zero-order chi connectivity index (χ0) is 13.3. The molecule has 2 N–H and O–H groups in total. The van der Waals surface area contributed by atoms with E-state index in [2.05, 4.69) is 5.32 Å². The first-order chi connectivity index (χ1) is 7.56. The maximum absolute atomic E-state index is 10.8. The minimum absolute atomic E-state index is 0.152. The van der Waals surface area contributed by atoms with Gasteiger partial charge in [-0.3, -0.25) is 0 Å². The van der Waals surface area contributed by atoms with Crippen molar-refractivity contribution in [2.45, 2.75) is 12.6 Å². The van der Waals surface area contributed by atoms with Crippen LogP contribution in [0.4, 0.5) is 13.2 Å². The van der Waals surface area contributed by atoms with E-state index in [0.717, 1.165) is 19.5 Å². The van der Waals surface area contributed by atoms with Crippen LogP contribution in [0.1, 0.15) is 6.42 Å². The highest BCUT2D eigenvalue weighted by atomic mass is 32.2. The molecular formula is C8H12F3NO4S. The lowest BCUT2D eigenvalue weighted by atomic mass is 9.91. The second-order valence-electron chi connectivity index (χ2n) is 4.26. The van der Waals surface area contributed by atoms with Gasteiger partial charge in [0.05, 0.1) is 11.5 Å². The lowest BCUT2D eigenvalue weighted by molar-refractivity contribution is -0.192. The molecule has 0 amide bonds. The van der Waals surface area contributed by atoms with Gasteiger partial charge in [0.2, 0.25) is 0 Å². The fourth-order valence-electron chi connectivity index (χ4n) is 1.93. The molecule has 0 radical (unpaired) electrons. The van der Waals surface area contributed by atoms with Gasteiger partial charge in [-0.1, -0.05) is 0 Å². The summed E-state index contributed by atoms with van der Waals surface area (Å²) < 4.78 is 53.4. The standard InChI is InChI=1S/C6H11NO2S.C2HF3O2/c8-10(9)4-6(5-10)1-2-7-3-6;3-2(4,5)1(6)7/h7H,1-5H2;(H,6,7). The van der Waals surface area contributed by atoms with Gasteiger partial charge in [-0.15, -0.1) is 0 Å². The van der Waals surface area contributed by atoms with Crippen LogP contribution < -0.4 is 5.32 Å². The Morgan fingerprint density at radius 1 is 1.29 bits per heavy atom. The maximum Gasteiger partial charge on any atom is 0.490 e. The number of carboxylic acid groups (broad SMARTS) is 1. The summed E-state index contributed by atoms with van der Waals surface area (Å²) in [5.74, 6) is -1.91. The number of hydrogen-bond donors (Lipinski definition) is 2. The van der Waals surface area contributed by atoms with E-state index in [9.17, 15) is 21.6 Å². The predicted octanol–water partition coefficient (Wildman–Crippen LogP) is 0.0278. The third-order valence-electron chi connectivity index (χ3n) is 2.63. The molecule has 0 atom stereocenters. The lowest BCUT2D eigenvalue weighted by Crippen LogP contribution is -2.49. The van der Waals surface area contributed by atoms with Crippen LogP contribution in [0.15, 0.2) is 0 Å². The molecular weight excluding hydrogens is 263 g/mol. The van der Waals surface area contributed by atoms with E-state index in [1.54, 1.807) is 0 Å². The number of nitrogens with one attached hydrogen (secondary N) is 1. The van der Waals surface area contributed by atoms with Gasteiger partial charge in [0, 0.05) is 12.0 Å². The van der Waals surface area contributed by atoms with Crippen LogP contribution in [-0.2, 0) is 14.6 Å². The number of carboxylic acids is 1. The molecule has 1 spiro atoms. The molecule has 0 aromatic heterocycles. The smallest absolute Gasteiger partial charge is 0.475 e. The van der Waals surface area contributed by atoms with E-state index in [0.29, 0.717) is 11.5 Å². The molecule has 0 aromatic rings. The topological polar surface area (TPSA) is 83.5 Å². The average Bonchev–Trinajstić information content (AvgIpc) is 2.49. The quantitative estimate of drug-likeness (QED) is 0.651. The summed E-state index contributed by atoms with van der Waals surface area (Å²) in [5, 5.41) is 10.3. The first-order valence-corrected chi connectivity index (χ1v) is 6.60. The van der Waals surface area contributed by atoms with Gasteiger partial charge >= 0.3 is 12.1 Å². The number of carbonyl (C=O) groups is 1. The van der Waals surface area contributed by atoms with Crippen molar-refractivity contribution in [2.24, 2.45) is 5.41 Å². The molecule has 0 bridgehead atoms. The first-order valence-electron chi connectivity index (χ1n) is 4.78. The summed E-state index contributed by atoms with van der Waals surface area (Å²) >= 11 is 0. The maximum atomic E-state index is 10.8. The van der Waals surface area contributed by atoms with Gasteiger partial charge in [0.1, 0.15) is 0 Å². The Kier molecular flexibility index (Phi) is 3.72. The van der Waals surface area contributed by atoms with Crippen LogP contribution >= 0.6 is 0 Å². The Morgan fingerprint density at radius 2 is 1.76 bits per heavy atom. The number of alkyl halides is 3. The first kappa shape index (κ1) is 14.2. The number of halogens is 3. The summed E-state index contributed by atoms with van der Waals surface area (Å²) in [5.41, 5.74) is 0.152. The summed E-state index contributed by atoms with van der Waals surface area (Å²) in [6.45, 7) is 1.90. The molecule has 0 unspecified atom stereocenters. The number of aliphatic carboxylic acids is 1. The Hall–Kier alpha value is -0.830. The van der Waals surface area contributed by atoms with Gasteiger partial charge in [-0.05, 0) is 13.0 Å². The second-order valence-corrected chi connectivity index (χ2v) is 6.33. The van der Waals surface area contributed by atoms with Crippen LogP contribution in [0, 0.1) is 5.41 Å². The van der Waals surface area contributed by atoms with Crippen LogP contribution in [0.3, 0.4) is 0 Å². The zero-order valence-electron chi connectivity index (χ0n) is 8.75. The third-order valence-corrected chi connectivity index (χ3v) is 4.73. The number of rotatable bonds is 0. The van der Waals surface area contributed by atoms with E-state index >= 15 is 0 Å². The summed E-state index contributed by atoms with van der Waals surface area (Å²) in [6, 6.07) is 0. The number of hydrogen-bond acceptors (Lipinski definition) is 4. The van der Waals surface area contributed by atoms with E-state index in [1.165, 1.54) is 0 Å². The molecule has 2 aliphatic rings. The van der Waals surface area contributed by atoms with E-state index in [-0.39, 0.29) is 5.41 Å². The SMILES string of the molecule is O=C(O)C(F)(F)F.O=S1(=O)CC2(CCNC2)C1. The van der Waals surface area contributed by atoms with Crippen LogP contribution in [-0.4, -0.2) is 50.3 Å². The van der Waals surface area contributed by atoms with Crippen molar-refractivity contribution >= 4 is 15.8 Å². The van der Waals surface area contributed by atoms with Crippen molar-refractivity contribution in [1.29, 1.82) is 0 Å². The normalized spacial score (nSPS) is 24.6. The molecule has 100 valence electrons. The van der Waals surface area contributed by atoms with E-state index in [1.807, 2.05) is 0 Å². The molecule has 2 aliphatic heterocycles. The Labute approximate surface area is 95.9 Å². The van der Waals surface area contributed by atoms with Crippen LogP contribution in [0.5, 0.6) is 0 Å². The molecule has 5 nitrogen and oxygen atoms in total. The summed E-state index contributed by atoms with van der Waals surface area (Å²) in [4.78, 5) is 8.90. The lowest BCUT2D eigenvalue weighted by Gasteiger charge is -2.36. The van der Waals surface area contributed by atoms with Gasteiger partial charge in [-0.2, -0.15) is 13.2 Å². The Morgan fingerprint density at radius 3 is 2.00 bits per heavy atom. The molecule has 17 heavy (non-hydrogen) atoms. The zero-order valence-corrected chi connectivity index (χ0v) is 9.57. The van der Waals surface area contributed by atoms with Crippen molar-refractivity contribution in [3.8, 4) is 0 Å². The Bertz CT molecular complexity index is 383. The Balaban J connectivity index is 0.000000185. The summed E-state index contributed by atoms with van der Waals surface area (Å²) in [6.07, 6.45) is -4.04. The predicted molar refractivity (Wildman–Crippen MR) is 52.3 cm³/mol. The highest BCUT2D eigenvalue weighted by molar-refractivity contribution is 7.92. The highest BCUT2D eigenvalue weighted by Gasteiger charge is 2.49. The minimum Gasteiger partial charge on any atom is -0.475 e.